The molecule has 0 spiro atoms. The van der Waals surface area contributed by atoms with Gasteiger partial charge in [0.15, 0.2) is 12.0 Å². The molecule has 2 aliphatic rings. The molecule has 2 aliphatic heterocycles. The number of aromatic amines is 1. The molecule has 0 saturated carbocycles. The number of phosphoric acid groups is 1. The molecule has 10 nitrogen and oxygen atoms in total. The zero-order chi connectivity index (χ0) is 21.5. The Morgan fingerprint density at radius 3 is 2.90 bits per heavy atom. The lowest BCUT2D eigenvalue weighted by Gasteiger charge is -2.26. The summed E-state index contributed by atoms with van der Waals surface area (Å²) in [7, 11) is -3.87. The van der Waals surface area contributed by atoms with E-state index in [1.165, 1.54) is 17.7 Å². The molecule has 3 atom stereocenters. The van der Waals surface area contributed by atoms with Crippen molar-refractivity contribution in [2.45, 2.75) is 32.8 Å². The first kappa shape index (κ1) is 20.5. The number of Topliss-reactive ketones (excluding diaryl/α,β-unsaturated/α-hetero) is 1. The van der Waals surface area contributed by atoms with Gasteiger partial charge in [-0.1, -0.05) is 6.08 Å². The molecule has 0 amide bonds. The quantitative estimate of drug-likeness (QED) is 0.431. The highest BCUT2D eigenvalue weighted by Gasteiger charge is 2.36. The van der Waals surface area contributed by atoms with Gasteiger partial charge in [0.2, 0.25) is 0 Å². The second-order valence-corrected chi connectivity index (χ2v) is 8.51. The molecule has 1 aromatic carbocycles. The third-order valence-corrected chi connectivity index (χ3v) is 6.01. The van der Waals surface area contributed by atoms with Crippen molar-refractivity contribution in [1.82, 2.24) is 9.55 Å². The molecule has 0 fully saturated rings. The number of phosphoric ester groups is 1. The van der Waals surface area contributed by atoms with Crippen LogP contribution in [0.3, 0.4) is 0 Å². The molecule has 1 aromatic heterocycles. The average Bonchev–Trinajstić information content (AvgIpc) is 3.17. The molecule has 3 heterocycles. The van der Waals surface area contributed by atoms with E-state index >= 15 is 0 Å². The topological polar surface area (TPSA) is 126 Å². The normalized spacial score (nSPS) is 25.0. The van der Waals surface area contributed by atoms with Crippen molar-refractivity contribution in [2.24, 2.45) is 0 Å². The van der Waals surface area contributed by atoms with Gasteiger partial charge in [-0.3, -0.25) is 28.2 Å². The number of ketones is 1. The second-order valence-electron chi connectivity index (χ2n) is 6.92. The number of aromatic nitrogens is 2. The van der Waals surface area contributed by atoms with Gasteiger partial charge in [-0.25, -0.2) is 9.36 Å². The van der Waals surface area contributed by atoms with Crippen LogP contribution in [0.5, 0.6) is 5.75 Å². The van der Waals surface area contributed by atoms with E-state index in [1.54, 1.807) is 37.3 Å². The van der Waals surface area contributed by atoms with Gasteiger partial charge in [0.1, 0.15) is 11.9 Å². The highest BCUT2D eigenvalue weighted by Crippen LogP contribution is 2.54. The molecular formula is C19H19N2O8P. The first-order valence-corrected chi connectivity index (χ1v) is 10.6. The summed E-state index contributed by atoms with van der Waals surface area (Å²) in [5.74, 6) is 0.227. The van der Waals surface area contributed by atoms with E-state index in [2.05, 4.69) is 4.98 Å². The molecule has 0 saturated heterocycles. The Labute approximate surface area is 170 Å². The fraction of sp³-hybridized carbons (Fsp3) is 0.316. The third kappa shape index (κ3) is 4.08. The number of hydrogen-bond acceptors (Lipinski definition) is 8. The Balaban J connectivity index is 1.39. The van der Waals surface area contributed by atoms with E-state index < -0.39 is 31.4 Å². The standard InChI is InChI=1S/C19H19N2O8P/c1-11-8-21(19(24)20-18(11)23)17-6-4-15(28-17)10-27-30(25)26-9-14-7-13(12(2)22)3-5-16(14)29-30/h3-8,15,17H,9-10H2,1-2H3,(H,20,23,24)/t15-,17+,30?/m0/s1. The Morgan fingerprint density at radius 2 is 2.13 bits per heavy atom. The molecule has 0 aliphatic carbocycles. The Bertz CT molecular complexity index is 1200. The Hall–Kier alpha value is -2.78. The van der Waals surface area contributed by atoms with Crippen molar-refractivity contribution < 1.29 is 27.7 Å². The van der Waals surface area contributed by atoms with Crippen LogP contribution in [0.15, 0.2) is 46.1 Å². The molecule has 30 heavy (non-hydrogen) atoms. The summed E-state index contributed by atoms with van der Waals surface area (Å²) in [5.41, 5.74) is 0.407. The van der Waals surface area contributed by atoms with E-state index in [-0.39, 0.29) is 19.0 Å². The second kappa shape index (κ2) is 7.81. The molecule has 1 N–H and O–H groups in total. The highest BCUT2D eigenvalue weighted by atomic mass is 31.2. The summed E-state index contributed by atoms with van der Waals surface area (Å²) in [6.45, 7) is 2.87. The minimum absolute atomic E-state index is 0.0240. The van der Waals surface area contributed by atoms with Gasteiger partial charge in [0.05, 0.1) is 13.2 Å². The molecular weight excluding hydrogens is 415 g/mol. The van der Waals surface area contributed by atoms with Crippen LogP contribution in [-0.2, 0) is 25.0 Å². The molecule has 2 aromatic rings. The van der Waals surface area contributed by atoms with Gasteiger partial charge >= 0.3 is 13.5 Å². The minimum Gasteiger partial charge on any atom is -0.404 e. The van der Waals surface area contributed by atoms with Gasteiger partial charge in [-0.05, 0) is 38.1 Å². The summed E-state index contributed by atoms with van der Waals surface area (Å²) >= 11 is 0. The Kier molecular flexibility index (Phi) is 5.33. The maximum Gasteiger partial charge on any atom is 0.530 e. The fourth-order valence-corrected chi connectivity index (χ4v) is 4.27. The zero-order valence-corrected chi connectivity index (χ0v) is 17.1. The summed E-state index contributed by atoms with van der Waals surface area (Å²) in [6.07, 6.45) is 3.35. The van der Waals surface area contributed by atoms with E-state index in [1.807, 2.05) is 0 Å². The number of carbonyl (C=O) groups is 1. The molecule has 1 unspecified atom stereocenters. The molecule has 158 valence electrons. The molecule has 4 rings (SSSR count). The van der Waals surface area contributed by atoms with E-state index in [0.717, 1.165) is 0 Å². The largest absolute Gasteiger partial charge is 0.530 e. The van der Waals surface area contributed by atoms with Crippen LogP contribution in [0, 0.1) is 6.92 Å². The smallest absolute Gasteiger partial charge is 0.404 e. The summed E-state index contributed by atoms with van der Waals surface area (Å²) in [4.78, 5) is 37.2. The number of benzene rings is 1. The summed E-state index contributed by atoms with van der Waals surface area (Å²) < 4.78 is 35.7. The monoisotopic (exact) mass is 434 g/mol. The number of ether oxygens (including phenoxy) is 1. The first-order chi connectivity index (χ1) is 14.2. The van der Waals surface area contributed by atoms with Crippen molar-refractivity contribution in [3.8, 4) is 5.75 Å². The SMILES string of the molecule is CC(=O)c1ccc2c(c1)COP(=O)(OC[C@@H]1C=C[C@H](n3cc(C)c(=O)[nH]c3=O)O1)O2. The molecule has 0 bridgehead atoms. The van der Waals surface area contributed by atoms with E-state index in [4.69, 9.17) is 18.3 Å². The number of nitrogens with zero attached hydrogens (tertiary/aromatic N) is 1. The maximum absolute atomic E-state index is 12.8. The number of carbonyl (C=O) groups excluding carboxylic acids is 1. The van der Waals surface area contributed by atoms with Crippen LogP contribution in [0.1, 0.15) is 34.6 Å². The fourth-order valence-electron chi connectivity index (χ4n) is 3.04. The number of rotatable bonds is 5. The summed E-state index contributed by atoms with van der Waals surface area (Å²) in [5, 5.41) is 0. The lowest BCUT2D eigenvalue weighted by atomic mass is 10.1. The maximum atomic E-state index is 12.8. The van der Waals surface area contributed by atoms with Crippen molar-refractivity contribution >= 4 is 13.6 Å². The number of aryl methyl sites for hydroxylation is 1. The van der Waals surface area contributed by atoms with E-state index in [9.17, 15) is 18.9 Å². The minimum atomic E-state index is -3.87. The van der Waals surface area contributed by atoms with Crippen LogP contribution in [0.25, 0.3) is 0 Å². The lowest BCUT2D eigenvalue weighted by molar-refractivity contribution is -0.0130. The average molecular weight is 434 g/mol. The van der Waals surface area contributed by atoms with Gasteiger partial charge in [0.25, 0.3) is 5.56 Å². The van der Waals surface area contributed by atoms with E-state index in [0.29, 0.717) is 22.4 Å². The van der Waals surface area contributed by atoms with Crippen molar-refractivity contribution in [2.75, 3.05) is 6.61 Å². The number of H-pyrrole nitrogens is 1. The van der Waals surface area contributed by atoms with Crippen molar-refractivity contribution in [1.29, 1.82) is 0 Å². The highest BCUT2D eigenvalue weighted by molar-refractivity contribution is 7.49. The predicted octanol–water partition coefficient (Wildman–Crippen LogP) is 2.24. The van der Waals surface area contributed by atoms with Crippen LogP contribution >= 0.6 is 7.82 Å². The van der Waals surface area contributed by atoms with Crippen LogP contribution in [0.2, 0.25) is 0 Å². The lowest BCUT2D eigenvalue weighted by Crippen LogP contribution is -2.33. The zero-order valence-electron chi connectivity index (χ0n) is 16.2. The Morgan fingerprint density at radius 1 is 1.33 bits per heavy atom. The van der Waals surface area contributed by atoms with Gasteiger partial charge in [0, 0.05) is 22.9 Å². The predicted molar refractivity (Wildman–Crippen MR) is 105 cm³/mol. The number of hydrogen-bond donors (Lipinski definition) is 1. The first-order valence-electron chi connectivity index (χ1n) is 9.12. The number of fused-ring (bicyclic) bond motifs is 1. The number of nitrogens with one attached hydrogen (secondary N) is 1. The molecule has 11 heteroatoms. The van der Waals surface area contributed by atoms with Crippen LogP contribution in [-0.4, -0.2) is 28.0 Å². The van der Waals surface area contributed by atoms with Crippen molar-refractivity contribution in [3.63, 3.8) is 0 Å². The van der Waals surface area contributed by atoms with Gasteiger partial charge < -0.3 is 9.26 Å². The van der Waals surface area contributed by atoms with Gasteiger partial charge in [-0.15, -0.1) is 0 Å². The summed E-state index contributed by atoms with van der Waals surface area (Å²) in [6, 6.07) is 4.75. The van der Waals surface area contributed by atoms with Crippen LogP contribution in [0.4, 0.5) is 0 Å². The van der Waals surface area contributed by atoms with Gasteiger partial charge in [-0.2, -0.15) is 0 Å². The van der Waals surface area contributed by atoms with Crippen LogP contribution < -0.4 is 15.8 Å². The molecule has 0 radical (unpaired) electrons. The third-order valence-electron chi connectivity index (χ3n) is 4.68. The van der Waals surface area contributed by atoms with Crippen molar-refractivity contribution in [3.05, 3.63) is 74.1 Å².